The van der Waals surface area contributed by atoms with Crippen LogP contribution in [0.25, 0.3) is 0 Å². The van der Waals surface area contributed by atoms with Crippen molar-refractivity contribution in [3.05, 3.63) is 144 Å². The van der Waals surface area contributed by atoms with E-state index >= 15 is 0 Å². The first-order chi connectivity index (χ1) is 21.3. The highest BCUT2D eigenvalue weighted by Crippen LogP contribution is 2.41. The Morgan fingerprint density at radius 1 is 0.568 bits per heavy atom. The van der Waals surface area contributed by atoms with Crippen molar-refractivity contribution in [3.8, 4) is 0 Å². The molecule has 4 aromatic carbocycles. The van der Waals surface area contributed by atoms with E-state index in [4.69, 9.17) is 23.7 Å². The summed E-state index contributed by atoms with van der Waals surface area (Å²) in [5.74, 6) is -2.75. The van der Waals surface area contributed by atoms with Crippen LogP contribution in [0.1, 0.15) is 41.4 Å². The molecule has 0 amide bonds. The van der Waals surface area contributed by atoms with Gasteiger partial charge in [-0.05, 0) is 64.5 Å². The summed E-state index contributed by atoms with van der Waals surface area (Å²) in [6, 6.07) is 33.1. The molecule has 0 saturated carbocycles. The third kappa shape index (κ3) is 7.39. The first-order valence-electron chi connectivity index (χ1n) is 13.7. The standard InChI is InChI=1S/C34H27BrO9/c35-34(22-41-31(37)24-15-7-2-8-16-24)29(43-33(39)26-19-11-4-12-20-26)28(42-32(38)25-17-9-3-10-18-25)27(44-34)21-40-30(36)23-13-5-1-6-14-23/h1-20,27-29H,21-22H2/t27-,28?,29?,34?/m1/s1. The van der Waals surface area contributed by atoms with Crippen molar-refractivity contribution in [1.82, 2.24) is 0 Å². The first kappa shape index (κ1) is 30.7. The predicted molar refractivity (Wildman–Crippen MR) is 161 cm³/mol. The average molecular weight is 659 g/mol. The smallest absolute Gasteiger partial charge is 0.338 e. The number of carbonyl (C=O) groups is 4. The fraction of sp³-hybridized carbons (Fsp3) is 0.176. The Bertz CT molecular complexity index is 1580. The fourth-order valence-electron chi connectivity index (χ4n) is 4.52. The minimum absolute atomic E-state index is 0.232. The minimum Gasteiger partial charge on any atom is -0.459 e. The van der Waals surface area contributed by atoms with Gasteiger partial charge in [-0.2, -0.15) is 0 Å². The Labute approximate surface area is 261 Å². The number of alkyl halides is 1. The summed E-state index contributed by atoms with van der Waals surface area (Å²) < 4.78 is 27.4. The Morgan fingerprint density at radius 2 is 0.955 bits per heavy atom. The topological polar surface area (TPSA) is 114 Å². The average Bonchev–Trinajstić information content (AvgIpc) is 3.33. The lowest BCUT2D eigenvalue weighted by Gasteiger charge is -2.29. The molecule has 0 aliphatic carbocycles. The van der Waals surface area contributed by atoms with Crippen LogP contribution in [0.4, 0.5) is 0 Å². The fourth-order valence-corrected chi connectivity index (χ4v) is 5.23. The van der Waals surface area contributed by atoms with Crippen LogP contribution < -0.4 is 0 Å². The van der Waals surface area contributed by atoms with Crippen LogP contribution in [-0.2, 0) is 23.7 Å². The van der Waals surface area contributed by atoms with E-state index in [0.29, 0.717) is 11.1 Å². The second-order valence-corrected chi connectivity index (χ2v) is 11.1. The van der Waals surface area contributed by atoms with Gasteiger partial charge < -0.3 is 23.7 Å². The summed E-state index contributed by atoms with van der Waals surface area (Å²) in [5, 5.41) is 0. The van der Waals surface area contributed by atoms with Crippen LogP contribution >= 0.6 is 15.9 Å². The van der Waals surface area contributed by atoms with Gasteiger partial charge in [-0.1, -0.05) is 72.8 Å². The zero-order chi connectivity index (χ0) is 30.9. The lowest BCUT2D eigenvalue weighted by Crippen LogP contribution is -2.47. The van der Waals surface area contributed by atoms with Crippen molar-refractivity contribution in [3.63, 3.8) is 0 Å². The van der Waals surface area contributed by atoms with E-state index in [2.05, 4.69) is 15.9 Å². The zero-order valence-electron chi connectivity index (χ0n) is 23.2. The van der Waals surface area contributed by atoms with E-state index in [9.17, 15) is 19.2 Å². The van der Waals surface area contributed by atoms with E-state index in [0.717, 1.165) is 0 Å². The third-order valence-electron chi connectivity index (χ3n) is 6.73. The number of halogens is 1. The summed E-state index contributed by atoms with van der Waals surface area (Å²) in [7, 11) is 0. The molecule has 4 atom stereocenters. The summed E-state index contributed by atoms with van der Waals surface area (Å²) in [6.45, 7) is -0.824. The molecule has 1 heterocycles. The van der Waals surface area contributed by atoms with Crippen molar-refractivity contribution in [2.75, 3.05) is 13.2 Å². The van der Waals surface area contributed by atoms with Gasteiger partial charge in [0, 0.05) is 0 Å². The Balaban J connectivity index is 1.44. The molecule has 224 valence electrons. The molecule has 0 N–H and O–H groups in total. The molecule has 0 aromatic heterocycles. The number of ether oxygens (including phenoxy) is 5. The number of esters is 4. The van der Waals surface area contributed by atoms with E-state index in [-0.39, 0.29) is 17.7 Å². The monoisotopic (exact) mass is 658 g/mol. The molecule has 1 saturated heterocycles. The quantitative estimate of drug-likeness (QED) is 0.121. The normalized spacial score (nSPS) is 20.7. The summed E-state index contributed by atoms with van der Waals surface area (Å²) in [5.41, 5.74) is 1.07. The molecular formula is C34H27BrO9. The lowest BCUT2D eigenvalue weighted by molar-refractivity contribution is -0.0687. The lowest BCUT2D eigenvalue weighted by atomic mass is 10.1. The molecule has 4 aromatic rings. The van der Waals surface area contributed by atoms with Crippen molar-refractivity contribution in [2.24, 2.45) is 0 Å². The summed E-state index contributed by atoms with van der Waals surface area (Å²) in [6.07, 6.45) is -3.75. The van der Waals surface area contributed by atoms with Gasteiger partial charge in [0.1, 0.15) is 19.3 Å². The van der Waals surface area contributed by atoms with Crippen molar-refractivity contribution < 1.29 is 42.9 Å². The number of rotatable bonds is 10. The maximum atomic E-state index is 13.3. The van der Waals surface area contributed by atoms with Gasteiger partial charge in [-0.25, -0.2) is 19.2 Å². The van der Waals surface area contributed by atoms with E-state index in [1.165, 1.54) is 0 Å². The molecule has 10 heteroatoms. The molecule has 0 radical (unpaired) electrons. The van der Waals surface area contributed by atoms with Crippen LogP contribution in [0.3, 0.4) is 0 Å². The van der Waals surface area contributed by atoms with E-state index in [1.807, 2.05) is 0 Å². The van der Waals surface area contributed by atoms with Gasteiger partial charge in [0.25, 0.3) is 0 Å². The maximum absolute atomic E-state index is 13.3. The van der Waals surface area contributed by atoms with Gasteiger partial charge in [0.05, 0.1) is 22.3 Å². The molecule has 1 fully saturated rings. The predicted octanol–water partition coefficient (Wildman–Crippen LogP) is 5.64. The van der Waals surface area contributed by atoms with Gasteiger partial charge in [-0.15, -0.1) is 0 Å². The SMILES string of the molecule is O=C(OC[C@H]1OC(Br)(COC(=O)c2ccccc2)C(OC(=O)c2ccccc2)C1OC(=O)c1ccccc1)c1ccccc1. The first-order valence-corrected chi connectivity index (χ1v) is 14.5. The molecule has 1 aliphatic heterocycles. The highest BCUT2D eigenvalue weighted by molar-refractivity contribution is 9.10. The highest BCUT2D eigenvalue weighted by Gasteiger charge is 2.59. The minimum atomic E-state index is -1.69. The zero-order valence-corrected chi connectivity index (χ0v) is 24.8. The molecule has 0 spiro atoms. The Kier molecular flexibility index (Phi) is 9.83. The number of benzene rings is 4. The Morgan fingerprint density at radius 3 is 1.41 bits per heavy atom. The largest absolute Gasteiger partial charge is 0.459 e. The van der Waals surface area contributed by atoms with Crippen LogP contribution in [0.2, 0.25) is 0 Å². The second-order valence-electron chi connectivity index (χ2n) is 9.78. The highest BCUT2D eigenvalue weighted by atomic mass is 79.9. The summed E-state index contributed by atoms with van der Waals surface area (Å²) >= 11 is 3.49. The number of hydrogen-bond donors (Lipinski definition) is 0. The van der Waals surface area contributed by atoms with Gasteiger partial charge in [0.2, 0.25) is 0 Å². The molecule has 0 bridgehead atoms. The van der Waals surface area contributed by atoms with E-state index < -0.39 is 53.3 Å². The van der Waals surface area contributed by atoms with Crippen molar-refractivity contribution >= 4 is 39.8 Å². The third-order valence-corrected chi connectivity index (χ3v) is 7.60. The summed E-state index contributed by atoms with van der Waals surface area (Å²) in [4.78, 5) is 52.1. The maximum Gasteiger partial charge on any atom is 0.338 e. The Hall–Kier alpha value is -4.80. The molecule has 3 unspecified atom stereocenters. The van der Waals surface area contributed by atoms with Gasteiger partial charge >= 0.3 is 23.9 Å². The molecule has 44 heavy (non-hydrogen) atoms. The number of hydrogen-bond acceptors (Lipinski definition) is 9. The molecule has 5 rings (SSSR count). The molecular weight excluding hydrogens is 632 g/mol. The molecule has 1 aliphatic rings. The number of carbonyl (C=O) groups excluding carboxylic acids is 4. The van der Waals surface area contributed by atoms with E-state index in [1.54, 1.807) is 121 Å². The van der Waals surface area contributed by atoms with Gasteiger partial charge in [-0.3, -0.25) is 0 Å². The molecule has 9 nitrogen and oxygen atoms in total. The van der Waals surface area contributed by atoms with Gasteiger partial charge in [0.15, 0.2) is 16.7 Å². The van der Waals surface area contributed by atoms with Crippen LogP contribution in [0.15, 0.2) is 121 Å². The van der Waals surface area contributed by atoms with Crippen molar-refractivity contribution in [1.29, 1.82) is 0 Å². The van der Waals surface area contributed by atoms with Crippen LogP contribution in [0, 0.1) is 0 Å². The second kappa shape index (κ2) is 14.1. The van der Waals surface area contributed by atoms with Crippen molar-refractivity contribution in [2.45, 2.75) is 22.8 Å². The van der Waals surface area contributed by atoms with Crippen LogP contribution in [-0.4, -0.2) is 59.9 Å². The van der Waals surface area contributed by atoms with Crippen LogP contribution in [0.5, 0.6) is 0 Å².